The van der Waals surface area contributed by atoms with Crippen LogP contribution in [0.15, 0.2) is 48.8 Å². The zero-order valence-corrected chi connectivity index (χ0v) is 14.9. The Kier molecular flexibility index (Phi) is 4.81. The van der Waals surface area contributed by atoms with Crippen LogP contribution in [0.2, 0.25) is 0 Å². The molecular formula is C19H21N3OS. The van der Waals surface area contributed by atoms with E-state index in [4.69, 9.17) is 0 Å². The normalized spacial score (nSPS) is 11.0. The van der Waals surface area contributed by atoms with Crippen LogP contribution in [-0.4, -0.2) is 15.5 Å². The van der Waals surface area contributed by atoms with E-state index >= 15 is 0 Å². The van der Waals surface area contributed by atoms with Crippen molar-refractivity contribution in [1.82, 2.24) is 14.9 Å². The van der Waals surface area contributed by atoms with Gasteiger partial charge in [-0.1, -0.05) is 55.0 Å². The first-order valence-corrected chi connectivity index (χ1v) is 8.84. The van der Waals surface area contributed by atoms with E-state index in [1.165, 1.54) is 16.9 Å². The van der Waals surface area contributed by atoms with Gasteiger partial charge in [0.1, 0.15) is 4.88 Å². The maximum Gasteiger partial charge on any atom is 0.263 e. The average Bonchev–Trinajstić information content (AvgIpc) is 3.21. The van der Waals surface area contributed by atoms with Gasteiger partial charge in [-0.15, -0.1) is 0 Å². The van der Waals surface area contributed by atoms with E-state index < -0.39 is 0 Å². The zero-order chi connectivity index (χ0) is 17.1. The zero-order valence-electron chi connectivity index (χ0n) is 14.1. The number of aryl methyl sites for hydroxylation is 1. The van der Waals surface area contributed by atoms with Gasteiger partial charge in [0.15, 0.2) is 5.13 Å². The summed E-state index contributed by atoms with van der Waals surface area (Å²) in [5.41, 5.74) is 3.15. The predicted octanol–water partition coefficient (Wildman–Crippen LogP) is 4.30. The fourth-order valence-corrected chi connectivity index (χ4v) is 3.64. The van der Waals surface area contributed by atoms with Gasteiger partial charge in [0.2, 0.25) is 0 Å². The van der Waals surface area contributed by atoms with Crippen molar-refractivity contribution >= 4 is 17.2 Å². The third-order valence-electron chi connectivity index (χ3n) is 3.76. The Morgan fingerprint density at radius 2 is 2.00 bits per heavy atom. The fraction of sp³-hybridized carbons (Fsp3) is 0.263. The van der Waals surface area contributed by atoms with Crippen LogP contribution in [0.1, 0.15) is 46.3 Å². The number of nitrogens with zero attached hydrogens (tertiary/aromatic N) is 2. The Balaban J connectivity index is 1.81. The van der Waals surface area contributed by atoms with Crippen LogP contribution in [0, 0.1) is 6.92 Å². The molecule has 0 aliphatic rings. The van der Waals surface area contributed by atoms with E-state index in [2.05, 4.69) is 43.2 Å². The molecule has 4 nitrogen and oxygen atoms in total. The van der Waals surface area contributed by atoms with E-state index in [1.54, 1.807) is 0 Å². The molecule has 0 aliphatic carbocycles. The molecule has 0 fully saturated rings. The summed E-state index contributed by atoms with van der Waals surface area (Å²) >= 11 is 1.43. The van der Waals surface area contributed by atoms with Crippen LogP contribution in [0.25, 0.3) is 5.13 Å². The number of nitrogens with one attached hydrogen (secondary N) is 1. The number of benzene rings is 1. The van der Waals surface area contributed by atoms with E-state index in [1.807, 2.05) is 41.2 Å². The topological polar surface area (TPSA) is 46.9 Å². The molecule has 0 spiro atoms. The van der Waals surface area contributed by atoms with Crippen LogP contribution < -0.4 is 5.32 Å². The molecule has 3 rings (SSSR count). The highest BCUT2D eigenvalue weighted by molar-refractivity contribution is 7.16. The highest BCUT2D eigenvalue weighted by Crippen LogP contribution is 2.27. The van der Waals surface area contributed by atoms with Gasteiger partial charge in [0.05, 0.1) is 5.69 Å². The van der Waals surface area contributed by atoms with E-state index in [-0.39, 0.29) is 11.8 Å². The lowest BCUT2D eigenvalue weighted by Crippen LogP contribution is -2.23. The second kappa shape index (κ2) is 7.01. The molecule has 0 saturated carbocycles. The minimum Gasteiger partial charge on any atom is -0.347 e. The highest BCUT2D eigenvalue weighted by atomic mass is 32.1. The van der Waals surface area contributed by atoms with Crippen LogP contribution in [-0.2, 0) is 6.54 Å². The average molecular weight is 339 g/mol. The number of carbonyl (C=O) groups excluding carboxylic acids is 1. The van der Waals surface area contributed by atoms with Gasteiger partial charge >= 0.3 is 0 Å². The monoisotopic (exact) mass is 339 g/mol. The molecule has 2 aromatic heterocycles. The maximum atomic E-state index is 12.7. The number of aromatic nitrogens is 2. The largest absolute Gasteiger partial charge is 0.347 e. The summed E-state index contributed by atoms with van der Waals surface area (Å²) in [6.07, 6.45) is 3.88. The molecule has 124 valence electrons. The van der Waals surface area contributed by atoms with E-state index in [0.717, 1.165) is 16.4 Å². The van der Waals surface area contributed by atoms with Crippen molar-refractivity contribution in [3.8, 4) is 5.13 Å². The lowest BCUT2D eigenvalue weighted by Gasteiger charge is -2.07. The fourth-order valence-electron chi connectivity index (χ4n) is 2.53. The summed E-state index contributed by atoms with van der Waals surface area (Å²) in [5, 5.41) is 3.84. The second-order valence-corrected chi connectivity index (χ2v) is 7.11. The lowest BCUT2D eigenvalue weighted by molar-refractivity contribution is 0.0953. The molecule has 1 amide bonds. The van der Waals surface area contributed by atoms with Gasteiger partial charge in [0.25, 0.3) is 5.91 Å². The number of hydrogen-bond donors (Lipinski definition) is 1. The van der Waals surface area contributed by atoms with Crippen molar-refractivity contribution in [1.29, 1.82) is 0 Å². The summed E-state index contributed by atoms with van der Waals surface area (Å²) in [6.45, 7) is 6.70. The molecule has 3 aromatic rings. The van der Waals surface area contributed by atoms with Gasteiger partial charge in [0, 0.05) is 18.9 Å². The lowest BCUT2D eigenvalue weighted by atomic mass is 10.1. The number of hydrogen-bond acceptors (Lipinski definition) is 3. The summed E-state index contributed by atoms with van der Waals surface area (Å²) in [7, 11) is 0. The molecule has 1 aromatic carbocycles. The smallest absolute Gasteiger partial charge is 0.263 e. The Bertz CT molecular complexity index is 834. The Labute approximate surface area is 146 Å². The standard InChI is InChI=1S/C19H21N3OS/c1-13(2)16-17(24-19(21-16)22-9-4-5-10-22)18(23)20-12-15-8-6-7-14(3)11-15/h4-11,13H,12H2,1-3H3,(H,20,23). The molecule has 5 heteroatoms. The highest BCUT2D eigenvalue weighted by Gasteiger charge is 2.20. The molecule has 0 unspecified atom stereocenters. The molecule has 1 N–H and O–H groups in total. The van der Waals surface area contributed by atoms with Crippen molar-refractivity contribution in [2.75, 3.05) is 0 Å². The van der Waals surface area contributed by atoms with Crippen LogP contribution >= 0.6 is 11.3 Å². The number of thiazole rings is 1. The molecule has 0 radical (unpaired) electrons. The van der Waals surface area contributed by atoms with E-state index in [9.17, 15) is 4.79 Å². The number of carbonyl (C=O) groups is 1. The molecule has 0 aliphatic heterocycles. The third kappa shape index (κ3) is 3.57. The molecule has 0 atom stereocenters. The summed E-state index contributed by atoms with van der Waals surface area (Å²) in [5.74, 6) is 0.140. The maximum absolute atomic E-state index is 12.7. The third-order valence-corrected chi connectivity index (χ3v) is 4.84. The number of rotatable bonds is 5. The van der Waals surface area contributed by atoms with Crippen molar-refractivity contribution in [3.05, 3.63) is 70.5 Å². The van der Waals surface area contributed by atoms with Crippen LogP contribution in [0.4, 0.5) is 0 Å². The first-order chi connectivity index (χ1) is 11.5. The van der Waals surface area contributed by atoms with Crippen molar-refractivity contribution in [3.63, 3.8) is 0 Å². The number of amides is 1. The van der Waals surface area contributed by atoms with Gasteiger partial charge < -0.3 is 9.88 Å². The minimum absolute atomic E-state index is 0.0592. The SMILES string of the molecule is Cc1cccc(CNC(=O)c2sc(-n3cccc3)nc2C(C)C)c1. The van der Waals surface area contributed by atoms with Crippen LogP contribution in [0.3, 0.4) is 0 Å². The summed E-state index contributed by atoms with van der Waals surface area (Å²) < 4.78 is 1.94. The molecule has 0 bridgehead atoms. The second-order valence-electron chi connectivity index (χ2n) is 6.13. The Morgan fingerprint density at radius 1 is 1.25 bits per heavy atom. The van der Waals surface area contributed by atoms with E-state index in [0.29, 0.717) is 11.4 Å². The van der Waals surface area contributed by atoms with Gasteiger partial charge in [-0.3, -0.25) is 4.79 Å². The molecule has 2 heterocycles. The van der Waals surface area contributed by atoms with Gasteiger partial charge in [-0.25, -0.2) is 4.98 Å². The first-order valence-electron chi connectivity index (χ1n) is 8.02. The van der Waals surface area contributed by atoms with Gasteiger partial charge in [-0.2, -0.15) is 0 Å². The molecular weight excluding hydrogens is 318 g/mol. The summed E-state index contributed by atoms with van der Waals surface area (Å²) in [6, 6.07) is 12.1. The molecule has 24 heavy (non-hydrogen) atoms. The predicted molar refractivity (Wildman–Crippen MR) is 97.9 cm³/mol. The first kappa shape index (κ1) is 16.5. The summed E-state index contributed by atoms with van der Waals surface area (Å²) in [4.78, 5) is 18.0. The molecule has 0 saturated heterocycles. The quantitative estimate of drug-likeness (QED) is 0.753. The van der Waals surface area contributed by atoms with Gasteiger partial charge in [-0.05, 0) is 30.5 Å². The van der Waals surface area contributed by atoms with Crippen molar-refractivity contribution in [2.45, 2.75) is 33.2 Å². The van der Waals surface area contributed by atoms with Crippen LogP contribution in [0.5, 0.6) is 0 Å². The Morgan fingerprint density at radius 3 is 2.67 bits per heavy atom. The minimum atomic E-state index is -0.0592. The van der Waals surface area contributed by atoms with Crippen molar-refractivity contribution in [2.24, 2.45) is 0 Å². The van der Waals surface area contributed by atoms with Crippen molar-refractivity contribution < 1.29 is 4.79 Å². The Hall–Kier alpha value is -2.40.